The number of hydrogen-bond donors (Lipinski definition) is 1. The van der Waals surface area contributed by atoms with Crippen LogP contribution < -0.4 is 14.8 Å². The lowest BCUT2D eigenvalue weighted by Gasteiger charge is -2.31. The molecular formula is C16H23FN2O3. The van der Waals surface area contributed by atoms with E-state index < -0.39 is 11.7 Å². The summed E-state index contributed by atoms with van der Waals surface area (Å²) in [4.78, 5) is 14.8. The van der Waals surface area contributed by atoms with Gasteiger partial charge in [-0.3, -0.25) is 4.79 Å². The van der Waals surface area contributed by atoms with Crippen LogP contribution in [0.15, 0.2) is 12.1 Å². The smallest absolute Gasteiger partial charge is 0.258 e. The molecule has 1 aromatic carbocycles. The first-order valence-electron chi connectivity index (χ1n) is 7.54. The number of likely N-dealkylation sites (tertiary alicyclic amines) is 1. The number of ether oxygens (including phenoxy) is 2. The fraction of sp³-hybridized carbons (Fsp3) is 0.562. The van der Waals surface area contributed by atoms with Crippen LogP contribution >= 0.6 is 0 Å². The molecule has 0 spiro atoms. The van der Waals surface area contributed by atoms with Crippen LogP contribution in [-0.2, 0) is 0 Å². The second-order valence-electron chi connectivity index (χ2n) is 5.34. The van der Waals surface area contributed by atoms with Gasteiger partial charge in [0.15, 0.2) is 11.5 Å². The van der Waals surface area contributed by atoms with E-state index in [-0.39, 0.29) is 17.4 Å². The van der Waals surface area contributed by atoms with Crippen molar-refractivity contribution in [3.8, 4) is 11.5 Å². The summed E-state index contributed by atoms with van der Waals surface area (Å²) in [5.74, 6) is -0.592. The maximum Gasteiger partial charge on any atom is 0.258 e. The first-order chi connectivity index (χ1) is 10.6. The fourth-order valence-electron chi connectivity index (χ4n) is 2.77. The minimum Gasteiger partial charge on any atom is -0.493 e. The van der Waals surface area contributed by atoms with Gasteiger partial charge in [-0.1, -0.05) is 6.92 Å². The lowest BCUT2D eigenvalue weighted by Crippen LogP contribution is -2.44. The fourth-order valence-corrected chi connectivity index (χ4v) is 2.77. The van der Waals surface area contributed by atoms with Crippen molar-refractivity contribution < 1.29 is 18.7 Å². The molecule has 1 aliphatic heterocycles. The van der Waals surface area contributed by atoms with Crippen LogP contribution in [-0.4, -0.2) is 50.7 Å². The van der Waals surface area contributed by atoms with Gasteiger partial charge in [0.1, 0.15) is 11.4 Å². The molecule has 0 saturated carbocycles. The van der Waals surface area contributed by atoms with E-state index in [1.165, 1.54) is 26.4 Å². The van der Waals surface area contributed by atoms with E-state index in [1.807, 2.05) is 0 Å². The molecule has 1 aliphatic rings. The SMILES string of the molecule is CCN1CCC(NC(=O)c2c(F)ccc(OC)c2OC)CC1. The summed E-state index contributed by atoms with van der Waals surface area (Å²) >= 11 is 0. The highest BCUT2D eigenvalue weighted by Crippen LogP contribution is 2.32. The monoisotopic (exact) mass is 310 g/mol. The van der Waals surface area contributed by atoms with Crippen molar-refractivity contribution in [2.75, 3.05) is 33.9 Å². The third kappa shape index (κ3) is 3.50. The van der Waals surface area contributed by atoms with Crippen molar-refractivity contribution in [2.24, 2.45) is 0 Å². The molecule has 1 fully saturated rings. The molecule has 6 heteroatoms. The molecule has 22 heavy (non-hydrogen) atoms. The van der Waals surface area contributed by atoms with Crippen molar-refractivity contribution in [2.45, 2.75) is 25.8 Å². The van der Waals surface area contributed by atoms with E-state index in [2.05, 4.69) is 17.1 Å². The number of benzene rings is 1. The number of hydrogen-bond acceptors (Lipinski definition) is 4. The highest BCUT2D eigenvalue weighted by Gasteiger charge is 2.25. The molecule has 0 atom stereocenters. The molecule has 0 unspecified atom stereocenters. The number of piperidine rings is 1. The molecule has 0 aliphatic carbocycles. The van der Waals surface area contributed by atoms with Crippen LogP contribution in [0.1, 0.15) is 30.1 Å². The molecular weight excluding hydrogens is 287 g/mol. The molecule has 5 nitrogen and oxygen atoms in total. The van der Waals surface area contributed by atoms with Crippen molar-refractivity contribution in [1.82, 2.24) is 10.2 Å². The summed E-state index contributed by atoms with van der Waals surface area (Å²) in [6.45, 7) is 5.02. The van der Waals surface area contributed by atoms with Gasteiger partial charge in [-0.25, -0.2) is 4.39 Å². The zero-order valence-electron chi connectivity index (χ0n) is 13.3. The summed E-state index contributed by atoms with van der Waals surface area (Å²) in [5, 5.41) is 2.91. The van der Waals surface area contributed by atoms with Gasteiger partial charge in [0.05, 0.1) is 14.2 Å². The zero-order valence-corrected chi connectivity index (χ0v) is 13.3. The van der Waals surface area contributed by atoms with Crippen LogP contribution in [0.3, 0.4) is 0 Å². The summed E-state index contributed by atoms with van der Waals surface area (Å²) < 4.78 is 24.4. The van der Waals surface area contributed by atoms with Crippen molar-refractivity contribution in [3.05, 3.63) is 23.5 Å². The molecule has 0 bridgehead atoms. The molecule has 0 aromatic heterocycles. The molecule has 0 radical (unpaired) electrons. The molecule has 1 saturated heterocycles. The Morgan fingerprint density at radius 1 is 1.32 bits per heavy atom. The van der Waals surface area contributed by atoms with Crippen LogP contribution in [0.5, 0.6) is 11.5 Å². The quantitative estimate of drug-likeness (QED) is 0.904. The number of rotatable bonds is 5. The molecule has 1 N–H and O–H groups in total. The average Bonchev–Trinajstić information content (AvgIpc) is 2.54. The van der Waals surface area contributed by atoms with Gasteiger partial charge >= 0.3 is 0 Å². The first-order valence-corrected chi connectivity index (χ1v) is 7.54. The molecule has 1 aromatic rings. The lowest BCUT2D eigenvalue weighted by atomic mass is 10.0. The van der Waals surface area contributed by atoms with E-state index in [0.717, 1.165) is 32.5 Å². The van der Waals surface area contributed by atoms with E-state index in [9.17, 15) is 9.18 Å². The third-order valence-electron chi connectivity index (χ3n) is 4.09. The Morgan fingerprint density at radius 2 is 2.00 bits per heavy atom. The third-order valence-corrected chi connectivity index (χ3v) is 4.09. The highest BCUT2D eigenvalue weighted by atomic mass is 19.1. The minimum absolute atomic E-state index is 0.0607. The predicted molar refractivity (Wildman–Crippen MR) is 82.1 cm³/mol. The maximum absolute atomic E-state index is 14.1. The standard InChI is InChI=1S/C16H23FN2O3/c1-4-19-9-7-11(8-10-19)18-16(20)14-12(17)5-6-13(21-2)15(14)22-3/h5-6,11H,4,7-10H2,1-3H3,(H,18,20). The number of carbonyl (C=O) groups excluding carboxylic acids is 1. The average molecular weight is 310 g/mol. The number of nitrogens with zero attached hydrogens (tertiary/aromatic N) is 1. The number of halogens is 1. The van der Waals surface area contributed by atoms with Crippen LogP contribution in [0.25, 0.3) is 0 Å². The van der Waals surface area contributed by atoms with Gasteiger partial charge in [0.2, 0.25) is 0 Å². The molecule has 1 heterocycles. The van der Waals surface area contributed by atoms with E-state index in [4.69, 9.17) is 9.47 Å². The van der Waals surface area contributed by atoms with Gasteiger partial charge in [-0.15, -0.1) is 0 Å². The Morgan fingerprint density at radius 3 is 2.55 bits per heavy atom. The second-order valence-corrected chi connectivity index (χ2v) is 5.34. The Kier molecular flexibility index (Phi) is 5.60. The normalized spacial score (nSPS) is 16.4. The van der Waals surface area contributed by atoms with Crippen LogP contribution in [0.2, 0.25) is 0 Å². The summed E-state index contributed by atoms with van der Waals surface area (Å²) in [7, 11) is 2.85. The minimum atomic E-state index is -0.610. The highest BCUT2D eigenvalue weighted by molar-refractivity contribution is 5.98. The topological polar surface area (TPSA) is 50.8 Å². The molecule has 122 valence electrons. The van der Waals surface area contributed by atoms with Gasteiger partial charge in [-0.2, -0.15) is 0 Å². The van der Waals surface area contributed by atoms with Crippen molar-refractivity contribution in [3.63, 3.8) is 0 Å². The second kappa shape index (κ2) is 7.45. The Balaban J connectivity index is 2.13. The largest absolute Gasteiger partial charge is 0.493 e. The van der Waals surface area contributed by atoms with Gasteiger partial charge in [0.25, 0.3) is 5.91 Å². The van der Waals surface area contributed by atoms with Crippen LogP contribution in [0, 0.1) is 5.82 Å². The van der Waals surface area contributed by atoms with E-state index in [0.29, 0.717) is 5.75 Å². The van der Waals surface area contributed by atoms with Crippen molar-refractivity contribution in [1.29, 1.82) is 0 Å². The van der Waals surface area contributed by atoms with Crippen LogP contribution in [0.4, 0.5) is 4.39 Å². The maximum atomic E-state index is 14.1. The summed E-state index contributed by atoms with van der Waals surface area (Å²) in [6, 6.07) is 2.73. The first kappa shape index (κ1) is 16.5. The van der Waals surface area contributed by atoms with Gasteiger partial charge < -0.3 is 19.7 Å². The number of carbonyl (C=O) groups is 1. The molecule has 2 rings (SSSR count). The number of amides is 1. The van der Waals surface area contributed by atoms with Gasteiger partial charge in [0, 0.05) is 19.1 Å². The Labute approximate surface area is 130 Å². The summed E-state index contributed by atoms with van der Waals surface area (Å²) in [5.41, 5.74) is -0.0974. The molecule has 1 amide bonds. The Bertz CT molecular complexity index is 528. The van der Waals surface area contributed by atoms with Gasteiger partial charge in [-0.05, 0) is 31.5 Å². The summed E-state index contributed by atoms with van der Waals surface area (Å²) in [6.07, 6.45) is 1.74. The lowest BCUT2D eigenvalue weighted by molar-refractivity contribution is 0.0904. The predicted octanol–water partition coefficient (Wildman–Crippen LogP) is 2.06. The van der Waals surface area contributed by atoms with Crippen molar-refractivity contribution >= 4 is 5.91 Å². The Hall–Kier alpha value is -1.82. The van der Waals surface area contributed by atoms with E-state index >= 15 is 0 Å². The van der Waals surface area contributed by atoms with E-state index in [1.54, 1.807) is 0 Å². The zero-order chi connectivity index (χ0) is 16.1. The number of nitrogens with one attached hydrogen (secondary N) is 1. The number of methoxy groups -OCH3 is 2.